The van der Waals surface area contributed by atoms with Gasteiger partial charge in [0.2, 0.25) is 5.91 Å². The molecule has 7 heteroatoms. The average molecular weight is 285 g/mol. The molecule has 1 N–H and O–H groups in total. The summed E-state index contributed by atoms with van der Waals surface area (Å²) in [4.78, 5) is 13.1. The highest BCUT2D eigenvalue weighted by atomic mass is 32.1. The minimum atomic E-state index is -0.0621. The van der Waals surface area contributed by atoms with E-state index in [2.05, 4.69) is 20.8 Å². The predicted octanol–water partition coefficient (Wildman–Crippen LogP) is 1.90. The van der Waals surface area contributed by atoms with Gasteiger partial charge >= 0.3 is 0 Å². The van der Waals surface area contributed by atoms with Crippen molar-refractivity contribution in [2.75, 3.05) is 5.32 Å². The van der Waals surface area contributed by atoms with E-state index < -0.39 is 0 Å². The lowest BCUT2D eigenvalue weighted by Crippen LogP contribution is -2.15. The molecule has 0 saturated heterocycles. The Hall–Kier alpha value is -2.54. The second-order valence-corrected chi connectivity index (χ2v) is 5.11. The van der Waals surface area contributed by atoms with Gasteiger partial charge in [0.05, 0.1) is 17.8 Å². The normalized spacial score (nSPS) is 10.4. The van der Waals surface area contributed by atoms with E-state index in [9.17, 15) is 4.79 Å². The summed E-state index contributed by atoms with van der Waals surface area (Å²) in [6.07, 6.45) is 1.85. The summed E-state index contributed by atoms with van der Waals surface area (Å²) in [5.41, 5.74) is 1.42. The molecule has 0 radical (unpaired) electrons. The number of amides is 1. The van der Waals surface area contributed by atoms with Gasteiger partial charge in [-0.2, -0.15) is 4.68 Å². The van der Waals surface area contributed by atoms with Crippen LogP contribution in [-0.2, 0) is 11.2 Å². The van der Waals surface area contributed by atoms with Crippen molar-refractivity contribution >= 4 is 22.9 Å². The molecule has 0 spiro atoms. The number of tetrazole rings is 1. The molecule has 100 valence electrons. The third kappa shape index (κ3) is 2.72. The Kier molecular flexibility index (Phi) is 3.51. The molecule has 0 unspecified atom stereocenters. The smallest absolute Gasteiger partial charge is 0.229 e. The van der Waals surface area contributed by atoms with E-state index in [1.807, 2.05) is 41.8 Å². The van der Waals surface area contributed by atoms with E-state index in [0.29, 0.717) is 12.1 Å². The van der Waals surface area contributed by atoms with Crippen molar-refractivity contribution < 1.29 is 4.79 Å². The molecule has 0 aliphatic carbocycles. The highest BCUT2D eigenvalue weighted by molar-refractivity contribution is 7.10. The third-order valence-electron chi connectivity index (χ3n) is 2.69. The first kappa shape index (κ1) is 12.5. The quantitative estimate of drug-likeness (QED) is 0.794. The summed E-state index contributed by atoms with van der Waals surface area (Å²) >= 11 is 1.57. The van der Waals surface area contributed by atoms with Gasteiger partial charge in [-0.3, -0.25) is 4.79 Å². The van der Waals surface area contributed by atoms with Gasteiger partial charge in [-0.15, -0.1) is 16.4 Å². The molecule has 0 saturated carbocycles. The fourth-order valence-corrected chi connectivity index (χ4v) is 2.52. The summed E-state index contributed by atoms with van der Waals surface area (Å²) in [6, 6.07) is 11.3. The van der Waals surface area contributed by atoms with Crippen molar-refractivity contribution in [3.63, 3.8) is 0 Å². The molecular formula is C13H11N5OS. The number of hydrogen-bond acceptors (Lipinski definition) is 5. The fraction of sp³-hybridized carbons (Fsp3) is 0.0769. The van der Waals surface area contributed by atoms with Crippen LogP contribution in [-0.4, -0.2) is 26.1 Å². The molecule has 0 atom stereocenters. The van der Waals surface area contributed by atoms with Gasteiger partial charge in [-0.25, -0.2) is 0 Å². The lowest BCUT2D eigenvalue weighted by molar-refractivity contribution is -0.115. The molecule has 1 amide bonds. The van der Waals surface area contributed by atoms with Crippen LogP contribution < -0.4 is 5.32 Å². The summed E-state index contributed by atoms with van der Waals surface area (Å²) in [5.74, 6) is -0.0621. The zero-order valence-corrected chi connectivity index (χ0v) is 11.2. The number of benzene rings is 1. The number of carbonyl (C=O) groups excluding carboxylic acids is 1. The molecule has 0 bridgehead atoms. The van der Waals surface area contributed by atoms with Crippen molar-refractivity contribution in [3.05, 3.63) is 53.0 Å². The average Bonchev–Trinajstić information content (AvgIpc) is 3.11. The van der Waals surface area contributed by atoms with Gasteiger partial charge in [-0.05, 0) is 34.0 Å². The van der Waals surface area contributed by atoms with E-state index in [1.165, 1.54) is 11.0 Å². The Morgan fingerprint density at radius 3 is 2.90 bits per heavy atom. The number of aromatic nitrogens is 4. The Bertz CT molecular complexity index is 693. The first-order valence-electron chi connectivity index (χ1n) is 5.97. The van der Waals surface area contributed by atoms with Crippen molar-refractivity contribution in [1.82, 2.24) is 20.2 Å². The largest absolute Gasteiger partial charge is 0.324 e. The number of nitrogens with one attached hydrogen (secondary N) is 1. The molecule has 3 rings (SSSR count). The van der Waals surface area contributed by atoms with E-state index in [-0.39, 0.29) is 5.91 Å². The molecule has 2 heterocycles. The molecule has 6 nitrogen and oxygen atoms in total. The van der Waals surface area contributed by atoms with Gasteiger partial charge in [0.15, 0.2) is 0 Å². The molecule has 0 fully saturated rings. The van der Waals surface area contributed by atoms with Crippen LogP contribution in [0, 0.1) is 0 Å². The van der Waals surface area contributed by atoms with Crippen molar-refractivity contribution in [2.45, 2.75) is 6.42 Å². The van der Waals surface area contributed by atoms with E-state index in [4.69, 9.17) is 0 Å². The zero-order valence-electron chi connectivity index (χ0n) is 10.4. The van der Waals surface area contributed by atoms with Crippen LogP contribution in [0.25, 0.3) is 5.69 Å². The SMILES string of the molecule is O=C(Cc1cccs1)Nc1ccccc1-n1cnnn1. The van der Waals surface area contributed by atoms with Crippen LogP contribution in [0.15, 0.2) is 48.1 Å². The lowest BCUT2D eigenvalue weighted by Gasteiger charge is -2.09. The summed E-state index contributed by atoms with van der Waals surface area (Å²) in [6.45, 7) is 0. The Morgan fingerprint density at radius 1 is 1.25 bits per heavy atom. The Balaban J connectivity index is 1.79. The topological polar surface area (TPSA) is 72.7 Å². The second-order valence-electron chi connectivity index (χ2n) is 4.08. The summed E-state index contributed by atoms with van der Waals surface area (Å²) in [5, 5.41) is 15.9. The highest BCUT2D eigenvalue weighted by Gasteiger charge is 2.09. The van der Waals surface area contributed by atoms with Gasteiger partial charge in [-0.1, -0.05) is 18.2 Å². The maximum atomic E-state index is 12.0. The van der Waals surface area contributed by atoms with Gasteiger partial charge in [0.1, 0.15) is 6.33 Å². The minimum Gasteiger partial charge on any atom is -0.324 e. The Labute approximate surface area is 119 Å². The van der Waals surface area contributed by atoms with Crippen molar-refractivity contribution in [2.24, 2.45) is 0 Å². The van der Waals surface area contributed by atoms with E-state index >= 15 is 0 Å². The molecular weight excluding hydrogens is 274 g/mol. The van der Waals surface area contributed by atoms with Crippen LogP contribution in [0.3, 0.4) is 0 Å². The van der Waals surface area contributed by atoms with Gasteiger partial charge in [0.25, 0.3) is 0 Å². The number of para-hydroxylation sites is 2. The molecule has 2 aromatic heterocycles. The number of hydrogen-bond donors (Lipinski definition) is 1. The molecule has 1 aromatic carbocycles. The van der Waals surface area contributed by atoms with Crippen molar-refractivity contribution in [3.8, 4) is 5.69 Å². The Morgan fingerprint density at radius 2 is 2.15 bits per heavy atom. The summed E-state index contributed by atoms with van der Waals surface area (Å²) in [7, 11) is 0. The van der Waals surface area contributed by atoms with Crippen LogP contribution in [0.4, 0.5) is 5.69 Å². The van der Waals surface area contributed by atoms with E-state index in [1.54, 1.807) is 11.3 Å². The maximum absolute atomic E-state index is 12.0. The van der Waals surface area contributed by atoms with Gasteiger partial charge < -0.3 is 5.32 Å². The van der Waals surface area contributed by atoms with E-state index in [0.717, 1.165) is 10.6 Å². The highest BCUT2D eigenvalue weighted by Crippen LogP contribution is 2.19. The maximum Gasteiger partial charge on any atom is 0.229 e. The fourth-order valence-electron chi connectivity index (χ4n) is 1.82. The second kappa shape index (κ2) is 5.62. The summed E-state index contributed by atoms with van der Waals surface area (Å²) < 4.78 is 1.51. The number of nitrogens with zero attached hydrogens (tertiary/aromatic N) is 4. The number of anilines is 1. The molecule has 20 heavy (non-hydrogen) atoms. The first-order valence-corrected chi connectivity index (χ1v) is 6.85. The standard InChI is InChI=1S/C13H11N5OS/c19-13(8-10-4-3-7-20-10)15-11-5-1-2-6-12(11)18-9-14-16-17-18/h1-7,9H,8H2,(H,15,19). The van der Waals surface area contributed by atoms with Crippen LogP contribution >= 0.6 is 11.3 Å². The number of carbonyl (C=O) groups is 1. The zero-order chi connectivity index (χ0) is 13.8. The number of thiophene rings is 1. The predicted molar refractivity (Wildman–Crippen MR) is 75.8 cm³/mol. The van der Waals surface area contributed by atoms with Crippen LogP contribution in [0.5, 0.6) is 0 Å². The molecule has 0 aliphatic rings. The number of rotatable bonds is 4. The third-order valence-corrected chi connectivity index (χ3v) is 3.57. The monoisotopic (exact) mass is 285 g/mol. The van der Waals surface area contributed by atoms with Crippen LogP contribution in [0.2, 0.25) is 0 Å². The molecule has 3 aromatic rings. The first-order chi connectivity index (χ1) is 9.83. The molecule has 0 aliphatic heterocycles. The van der Waals surface area contributed by atoms with Crippen LogP contribution in [0.1, 0.15) is 4.88 Å². The minimum absolute atomic E-state index is 0.0621. The van der Waals surface area contributed by atoms with Gasteiger partial charge in [0, 0.05) is 4.88 Å². The van der Waals surface area contributed by atoms with Crippen molar-refractivity contribution in [1.29, 1.82) is 0 Å². The lowest BCUT2D eigenvalue weighted by atomic mass is 10.2.